The molecule has 0 aromatic carbocycles. The molecule has 0 radical (unpaired) electrons. The summed E-state index contributed by atoms with van der Waals surface area (Å²) in [5.74, 6) is 0. The number of rotatable bonds is 0. The summed E-state index contributed by atoms with van der Waals surface area (Å²) in [7, 11) is -37.7. The summed E-state index contributed by atoms with van der Waals surface area (Å²) in [6.45, 7) is 0. The van der Waals surface area contributed by atoms with E-state index in [9.17, 15) is 0 Å². The molecule has 0 aliphatic rings. The van der Waals surface area contributed by atoms with Crippen LogP contribution in [0.4, 0.5) is 0 Å². The molecule has 0 atom stereocenters. The molecule has 0 aromatic heterocycles. The fourth-order valence-corrected chi connectivity index (χ4v) is 0. The van der Waals surface area contributed by atoms with E-state index < -0.39 is 54.8 Å². The largest absolute Gasteiger partial charge is 2.00 e. The van der Waals surface area contributed by atoms with E-state index in [0.717, 1.165) is 0 Å². The van der Waals surface area contributed by atoms with Gasteiger partial charge in [-0.25, -0.2) is 0 Å². The van der Waals surface area contributed by atoms with Gasteiger partial charge in [-0.15, -0.1) is 0 Å². The van der Waals surface area contributed by atoms with E-state index in [4.69, 9.17) is 135 Å². The van der Waals surface area contributed by atoms with Gasteiger partial charge in [0.15, 0.2) is 0 Å². The van der Waals surface area contributed by atoms with Crippen LogP contribution in [0.25, 0.3) is 0 Å². The first-order valence-electron chi connectivity index (χ1n) is 5.11. The van der Waals surface area contributed by atoms with Gasteiger partial charge in [0.2, 0.25) is 0 Å². The second-order valence-electron chi connectivity index (χ2n) is 3.13. The zero-order valence-electron chi connectivity index (χ0n) is 24.5. The zero-order chi connectivity index (χ0) is 31.5. The first-order valence-corrected chi connectivity index (χ1v) is 15.3. The van der Waals surface area contributed by atoms with Gasteiger partial charge in [-0.3, -0.25) is 0 Å². The minimum absolute atomic E-state index is 0. The van der Waals surface area contributed by atoms with Crippen LogP contribution in [-0.4, -0.2) is 0 Å². The molecule has 0 rings (SSSR count). The van der Waals surface area contributed by atoms with Gasteiger partial charge in [-0.2, -0.15) is 54.8 Å². The van der Waals surface area contributed by atoms with Crippen molar-refractivity contribution in [2.24, 2.45) is 0 Å². The summed E-state index contributed by atoms with van der Waals surface area (Å²) in [6, 6.07) is 0. The maximum atomic E-state index is 8.55. The van der Waals surface area contributed by atoms with Crippen LogP contribution in [0.5, 0.6) is 0 Å². The normalized spacial score (nSPS) is 8.79. The Bertz CT molecular complexity index is 594. The van der Waals surface area contributed by atoms with E-state index in [2.05, 4.69) is 0 Å². The van der Waals surface area contributed by atoms with Crippen molar-refractivity contribution in [1.29, 1.82) is 0 Å². The Balaban J connectivity index is -0.00000000758. The van der Waals surface area contributed by atoms with Crippen molar-refractivity contribution >= 4 is 54.8 Å². The summed E-state index contributed by atoms with van der Waals surface area (Å²) < 4.78 is 59.8. The second-order valence-corrected chi connectivity index (χ2v) is 9.39. The third kappa shape index (κ3) is 7420. The molecule has 310 valence electrons. The molecule has 35 nitrogen and oxygen atoms in total. The maximum absolute atomic E-state index is 8.55. The number of phosphoric acid groups is 7. The Morgan fingerprint density at radius 1 is 0.191 bits per heavy atom. The smallest absolute Gasteiger partial charge is 1.00 e. The molecule has 0 saturated carbocycles. The molecule has 0 amide bonds. The van der Waals surface area contributed by atoms with Gasteiger partial charge in [0, 0.05) is 105 Å². The molecule has 0 aliphatic carbocycles. The van der Waals surface area contributed by atoms with Crippen molar-refractivity contribution in [3.63, 3.8) is 0 Å². The summed E-state index contributed by atoms with van der Waals surface area (Å²) >= 11 is 0. The molecule has 0 aliphatic heterocycles. The molecule has 0 spiro atoms. The first-order chi connectivity index (χ1) is 14.0. The van der Waals surface area contributed by atoms with Crippen molar-refractivity contribution < 1.29 is 286 Å². The molecular formula is H5O35P7W5-30. The van der Waals surface area contributed by atoms with Gasteiger partial charge in [-0.05, 0) is 0 Å². The summed E-state index contributed by atoms with van der Waals surface area (Å²) in [5.41, 5.74) is 0. The standard InChI is InChI=1S/7H3O4P.7O.5W/c7*1-5(2,3)4;;;;;;;;;;;;/h7*(H3,1,2,3,4);;;;;;;;;;;;/q;;;;;;;7*-2;;;;;/p-16. The molecule has 0 aromatic rings. The zero-order valence-corrected chi connectivity index (χ0v) is 40.4. The molecule has 47 heteroatoms. The molecule has 47 heavy (non-hydrogen) atoms. The van der Waals surface area contributed by atoms with Gasteiger partial charge >= 0.3 is 7.13 Å². The molecule has 0 N–H and O–H groups in total. The average Bonchev–Trinajstić information content (AvgIpc) is 2.06. The van der Waals surface area contributed by atoms with E-state index in [0.29, 0.717) is 0 Å². The van der Waals surface area contributed by atoms with Gasteiger partial charge in [0.25, 0.3) is 0 Å². The molecule has 0 fully saturated rings. The maximum Gasteiger partial charge on any atom is 1.00 e. The average molecular weight is 1700 g/mol. The third-order valence-corrected chi connectivity index (χ3v) is 0. The molecule has 0 saturated heterocycles. The van der Waals surface area contributed by atoms with Crippen LogP contribution in [-0.2, 0) is 176 Å². The summed E-state index contributed by atoms with van der Waals surface area (Å²) in [5, 5.41) is 0. The van der Waals surface area contributed by atoms with Crippen molar-refractivity contribution in [2.45, 2.75) is 0 Å². The number of hydrogen-bond acceptors (Lipinski definition) is 28. The van der Waals surface area contributed by atoms with E-state index in [1.54, 1.807) is 0 Å². The minimum atomic E-state index is -5.39. The fourth-order valence-electron chi connectivity index (χ4n) is 0. The first kappa shape index (κ1) is 125. The quantitative estimate of drug-likeness (QED) is 0.203. The Hall–Kier alpha value is 3.93. The van der Waals surface area contributed by atoms with Crippen molar-refractivity contribution in [3.8, 4) is 0 Å². The van der Waals surface area contributed by atoms with Crippen LogP contribution in [0, 0.1) is 0 Å². The monoisotopic (exact) mass is 1700 g/mol. The topological polar surface area (TPSA) is 803 Å². The number of hydrogen-bond donors (Lipinski definition) is 0. The fraction of sp³-hybridized carbons (Fsp3) is 0. The van der Waals surface area contributed by atoms with Gasteiger partial charge in [-0.1, -0.05) is 0 Å². The van der Waals surface area contributed by atoms with Crippen LogP contribution >= 0.6 is 54.8 Å². The van der Waals surface area contributed by atoms with Crippen LogP contribution in [0.15, 0.2) is 0 Å². The molecule has 0 heterocycles. The Morgan fingerprint density at radius 2 is 0.191 bits per heavy atom. The summed E-state index contributed by atoms with van der Waals surface area (Å²) in [4.78, 5) is 180. The van der Waals surface area contributed by atoms with E-state index in [1.807, 2.05) is 0 Å². The third-order valence-electron chi connectivity index (χ3n) is 0. The van der Waals surface area contributed by atoms with Crippen molar-refractivity contribution in [3.05, 3.63) is 0 Å². The van der Waals surface area contributed by atoms with E-state index >= 15 is 0 Å². The van der Waals surface area contributed by atoms with Gasteiger partial charge < -0.3 is 173 Å². The van der Waals surface area contributed by atoms with E-state index in [-0.39, 0.29) is 151 Å². The minimum Gasteiger partial charge on any atom is -2.00 e. The molecule has 0 bridgehead atoms. The Labute approximate surface area is 338 Å². The Morgan fingerprint density at radius 3 is 0.191 bits per heavy atom. The van der Waals surface area contributed by atoms with Crippen molar-refractivity contribution in [1.82, 2.24) is 0 Å². The summed E-state index contributed by atoms with van der Waals surface area (Å²) in [6.07, 6.45) is 0. The van der Waals surface area contributed by atoms with Crippen molar-refractivity contribution in [2.75, 3.05) is 0 Å². The predicted octanol–water partition coefficient (Wildman–Crippen LogP) is -20.1. The van der Waals surface area contributed by atoms with Crippen LogP contribution < -0.4 is 103 Å². The molecule has 0 unspecified atom stereocenters. The molecular weight excluding hydrogens is 1700 g/mol. The predicted molar refractivity (Wildman–Crippen MR) is 63.6 cm³/mol. The second kappa shape index (κ2) is 56.7. The van der Waals surface area contributed by atoms with Crippen LogP contribution in [0.3, 0.4) is 0 Å². The Kier molecular flexibility index (Phi) is 150. The van der Waals surface area contributed by atoms with E-state index in [1.165, 1.54) is 0 Å². The van der Waals surface area contributed by atoms with Crippen LogP contribution in [0.1, 0.15) is 7.13 Å². The SMILES string of the molecule is O=P([O-])([O-])[O-].O=P([O-])([O-])[O-].O=P([O-])([O-])[O-].O=P([O-])([O-])[O-].O=P([O-])([O-])[O-].O=P([O-])([O-])[O-].O=P([O-])([O-])[O-].[H+].[H+].[H+].[H+].[H+].[O-2].[O-2].[O-2].[O-2].[O-2].[O-2].[O-2].[W].[W].[W].[W].[W]. The van der Waals surface area contributed by atoms with Gasteiger partial charge in [0.05, 0.1) is 0 Å². The van der Waals surface area contributed by atoms with Gasteiger partial charge in [0.1, 0.15) is 0 Å². The van der Waals surface area contributed by atoms with Crippen LogP contribution in [0.2, 0.25) is 0 Å².